The van der Waals surface area contributed by atoms with Crippen molar-refractivity contribution in [2.75, 3.05) is 19.4 Å². The average molecular weight is 476 g/mol. The van der Waals surface area contributed by atoms with E-state index in [0.29, 0.717) is 16.4 Å². The lowest BCUT2D eigenvalue weighted by atomic mass is 9.96. The summed E-state index contributed by atoms with van der Waals surface area (Å²) in [7, 11) is 3.75. The molecule has 5 rings (SSSR count). The molecule has 1 amide bonds. The number of hydrogen-bond donors (Lipinski definition) is 2. The number of nitrogens with zero attached hydrogens (tertiary/aromatic N) is 5. The Kier molecular flexibility index (Phi) is 6.90. The van der Waals surface area contributed by atoms with Crippen molar-refractivity contribution in [1.82, 2.24) is 30.0 Å². The van der Waals surface area contributed by atoms with Gasteiger partial charge in [0.2, 0.25) is 5.91 Å². The van der Waals surface area contributed by atoms with Crippen molar-refractivity contribution >= 4 is 28.7 Å². The Morgan fingerprint density at radius 3 is 2.65 bits per heavy atom. The zero-order valence-corrected chi connectivity index (χ0v) is 20.2. The third-order valence-electron chi connectivity index (χ3n) is 5.18. The highest BCUT2D eigenvalue weighted by atomic mass is 32.1. The molecule has 2 N–H and O–H groups in total. The van der Waals surface area contributed by atoms with E-state index < -0.39 is 0 Å². The van der Waals surface area contributed by atoms with Crippen LogP contribution < -0.4 is 10.6 Å². The number of carbonyl (C=O) groups is 2. The van der Waals surface area contributed by atoms with Gasteiger partial charge in [-0.25, -0.2) is 9.67 Å². The van der Waals surface area contributed by atoms with E-state index in [1.54, 1.807) is 24.7 Å². The minimum atomic E-state index is -0.152. The Balaban J connectivity index is 0.000000868. The number of aldehydes is 1. The van der Waals surface area contributed by atoms with Crippen LogP contribution in [0.2, 0.25) is 0 Å². The van der Waals surface area contributed by atoms with E-state index in [-0.39, 0.29) is 5.91 Å². The van der Waals surface area contributed by atoms with Gasteiger partial charge in [-0.1, -0.05) is 11.3 Å². The molecule has 0 bridgehead atoms. The first-order chi connectivity index (χ1) is 16.5. The average Bonchev–Trinajstić information content (AvgIpc) is 3.40. The fourth-order valence-corrected chi connectivity index (χ4v) is 4.98. The quantitative estimate of drug-likeness (QED) is 0.434. The second-order valence-corrected chi connectivity index (χ2v) is 8.82. The Labute approximate surface area is 201 Å². The summed E-state index contributed by atoms with van der Waals surface area (Å²) in [5.74, 6) is -0.152. The standard InChI is InChI=1S/C22H18N6O2S.C2H7N/c1-12-9-14(11-29)3-6-18(12)28-20-15(19(27-28)17-10-23-7-8-24-17)4-5-16-21(20)31-22(26-16)25-13(2)30;1-3-2/h3,6-11H,4-5H2,1-2H3,(H,25,26,30);3H,1-2H3. The first-order valence-corrected chi connectivity index (χ1v) is 11.6. The number of aromatic nitrogens is 5. The van der Waals surface area contributed by atoms with Crippen LogP contribution in [-0.4, -0.2) is 51.0 Å². The molecule has 0 saturated heterocycles. The van der Waals surface area contributed by atoms with Gasteiger partial charge in [-0.3, -0.25) is 19.6 Å². The van der Waals surface area contributed by atoms with Gasteiger partial charge >= 0.3 is 0 Å². The van der Waals surface area contributed by atoms with E-state index in [1.807, 2.05) is 37.8 Å². The normalized spacial score (nSPS) is 11.6. The largest absolute Gasteiger partial charge is 0.323 e. The Bertz CT molecular complexity index is 1350. The number of benzene rings is 1. The van der Waals surface area contributed by atoms with E-state index in [0.717, 1.165) is 57.9 Å². The van der Waals surface area contributed by atoms with Gasteiger partial charge in [0.25, 0.3) is 0 Å². The summed E-state index contributed by atoms with van der Waals surface area (Å²) in [6.07, 6.45) is 7.34. The van der Waals surface area contributed by atoms with Gasteiger partial charge in [-0.15, -0.1) is 0 Å². The number of thiazole rings is 1. The predicted molar refractivity (Wildman–Crippen MR) is 133 cm³/mol. The molecule has 3 aromatic heterocycles. The number of nitrogens with one attached hydrogen (secondary N) is 2. The number of anilines is 1. The molecule has 0 unspecified atom stereocenters. The summed E-state index contributed by atoms with van der Waals surface area (Å²) in [5.41, 5.74) is 6.86. The van der Waals surface area contributed by atoms with Crippen molar-refractivity contribution in [3.05, 3.63) is 59.2 Å². The number of amides is 1. The van der Waals surface area contributed by atoms with Gasteiger partial charge in [-0.2, -0.15) is 5.10 Å². The van der Waals surface area contributed by atoms with Crippen LogP contribution in [-0.2, 0) is 17.6 Å². The third kappa shape index (κ3) is 4.50. The molecule has 1 aliphatic carbocycles. The summed E-state index contributed by atoms with van der Waals surface area (Å²) in [6, 6.07) is 5.53. The van der Waals surface area contributed by atoms with Crippen LogP contribution in [0.5, 0.6) is 0 Å². The molecule has 10 heteroatoms. The fourth-order valence-electron chi connectivity index (χ4n) is 3.87. The van der Waals surface area contributed by atoms with E-state index in [1.165, 1.54) is 18.3 Å². The summed E-state index contributed by atoms with van der Waals surface area (Å²) >= 11 is 1.44. The van der Waals surface area contributed by atoms with Crippen molar-refractivity contribution < 1.29 is 9.59 Å². The zero-order chi connectivity index (χ0) is 24.2. The van der Waals surface area contributed by atoms with Crippen molar-refractivity contribution in [1.29, 1.82) is 0 Å². The van der Waals surface area contributed by atoms with Gasteiger partial charge in [0.05, 0.1) is 28.1 Å². The first kappa shape index (κ1) is 23.4. The lowest BCUT2D eigenvalue weighted by molar-refractivity contribution is -0.114. The molecule has 9 nitrogen and oxygen atoms in total. The highest BCUT2D eigenvalue weighted by Gasteiger charge is 2.30. The predicted octanol–water partition coefficient (Wildman–Crippen LogP) is 3.47. The molecule has 1 aliphatic rings. The van der Waals surface area contributed by atoms with E-state index in [9.17, 15) is 9.59 Å². The van der Waals surface area contributed by atoms with Crippen molar-refractivity contribution in [3.8, 4) is 27.6 Å². The maximum absolute atomic E-state index is 11.5. The number of rotatable bonds is 4. The molecule has 0 saturated carbocycles. The molecular formula is C24H25N7O2S. The fraction of sp³-hybridized carbons (Fsp3) is 0.250. The number of carbonyl (C=O) groups excluding carboxylic acids is 2. The van der Waals surface area contributed by atoms with Gasteiger partial charge in [0.15, 0.2) is 5.13 Å². The van der Waals surface area contributed by atoms with E-state index >= 15 is 0 Å². The smallest absolute Gasteiger partial charge is 0.223 e. The van der Waals surface area contributed by atoms with Crippen LogP contribution in [0.1, 0.15) is 34.1 Å². The van der Waals surface area contributed by atoms with Crippen LogP contribution >= 0.6 is 11.3 Å². The molecule has 0 spiro atoms. The topological polar surface area (TPSA) is 115 Å². The monoisotopic (exact) mass is 475 g/mol. The SMILES string of the molecule is CC(=O)Nc1nc2c(s1)-c1c(c(-c3cnccn3)nn1-c1ccc(C=O)cc1C)CC2.CNC. The number of fused-ring (bicyclic) bond motifs is 3. The Morgan fingerprint density at radius 1 is 1.21 bits per heavy atom. The van der Waals surface area contributed by atoms with Crippen LogP contribution in [0, 0.1) is 6.92 Å². The maximum atomic E-state index is 11.5. The Morgan fingerprint density at radius 2 is 2.00 bits per heavy atom. The van der Waals surface area contributed by atoms with Crippen molar-refractivity contribution in [3.63, 3.8) is 0 Å². The summed E-state index contributed by atoms with van der Waals surface area (Å²) in [4.78, 5) is 37.0. The molecule has 0 aliphatic heterocycles. The minimum absolute atomic E-state index is 0.152. The number of aryl methyl sites for hydroxylation is 2. The highest BCUT2D eigenvalue weighted by molar-refractivity contribution is 7.19. The molecule has 174 valence electrons. The molecule has 1 aromatic carbocycles. The summed E-state index contributed by atoms with van der Waals surface area (Å²) in [5, 5.41) is 11.1. The second-order valence-electron chi connectivity index (χ2n) is 7.82. The third-order valence-corrected chi connectivity index (χ3v) is 6.20. The van der Waals surface area contributed by atoms with Crippen molar-refractivity contribution in [2.24, 2.45) is 0 Å². The minimum Gasteiger partial charge on any atom is -0.323 e. The lowest BCUT2D eigenvalue weighted by Crippen LogP contribution is -2.07. The molecular weight excluding hydrogens is 450 g/mol. The van der Waals surface area contributed by atoms with E-state index in [4.69, 9.17) is 5.10 Å². The van der Waals surface area contributed by atoms with Gasteiger partial charge in [0, 0.05) is 30.4 Å². The van der Waals surface area contributed by atoms with Crippen LogP contribution in [0.15, 0.2) is 36.8 Å². The van der Waals surface area contributed by atoms with Crippen LogP contribution in [0.4, 0.5) is 5.13 Å². The first-order valence-electron chi connectivity index (χ1n) is 10.8. The van der Waals surface area contributed by atoms with Crippen LogP contribution in [0.25, 0.3) is 27.6 Å². The second kappa shape index (κ2) is 10.0. The molecule has 0 atom stereocenters. The summed E-state index contributed by atoms with van der Waals surface area (Å²) in [6.45, 7) is 3.43. The lowest BCUT2D eigenvalue weighted by Gasteiger charge is -2.15. The molecule has 34 heavy (non-hydrogen) atoms. The van der Waals surface area contributed by atoms with E-state index in [2.05, 4.69) is 25.6 Å². The zero-order valence-electron chi connectivity index (χ0n) is 19.4. The highest BCUT2D eigenvalue weighted by Crippen LogP contribution is 2.44. The molecule has 0 fully saturated rings. The van der Waals surface area contributed by atoms with Gasteiger partial charge < -0.3 is 10.6 Å². The van der Waals surface area contributed by atoms with Crippen LogP contribution in [0.3, 0.4) is 0 Å². The molecule has 4 aromatic rings. The van der Waals surface area contributed by atoms with Gasteiger partial charge in [-0.05, 0) is 57.6 Å². The Hall–Kier alpha value is -3.76. The van der Waals surface area contributed by atoms with Crippen molar-refractivity contribution in [2.45, 2.75) is 26.7 Å². The summed E-state index contributed by atoms with van der Waals surface area (Å²) < 4.78 is 1.90. The molecule has 0 radical (unpaired) electrons. The number of hydrogen-bond acceptors (Lipinski definition) is 8. The maximum Gasteiger partial charge on any atom is 0.223 e. The molecule has 3 heterocycles. The van der Waals surface area contributed by atoms with Gasteiger partial charge in [0.1, 0.15) is 17.7 Å².